The molecule has 2 rings (SSSR count). The molecule has 5 heteroatoms. The van der Waals surface area contributed by atoms with Gasteiger partial charge in [0.1, 0.15) is 11.6 Å². The van der Waals surface area contributed by atoms with Crippen molar-refractivity contribution in [2.24, 2.45) is 0 Å². The molecule has 19 heavy (non-hydrogen) atoms. The first-order valence-corrected chi connectivity index (χ1v) is 5.65. The van der Waals surface area contributed by atoms with Gasteiger partial charge in [0.2, 0.25) is 0 Å². The number of anilines is 2. The molecule has 0 aliphatic heterocycles. The van der Waals surface area contributed by atoms with Gasteiger partial charge < -0.3 is 9.64 Å². The van der Waals surface area contributed by atoms with Crippen LogP contribution in [0.2, 0.25) is 0 Å². The predicted molar refractivity (Wildman–Crippen MR) is 70.0 cm³/mol. The Morgan fingerprint density at radius 2 is 1.95 bits per heavy atom. The van der Waals surface area contributed by atoms with E-state index < -0.39 is 5.97 Å². The molecule has 1 heterocycles. The Labute approximate surface area is 110 Å². The topological polar surface area (TPSA) is 42.4 Å². The highest BCUT2D eigenvalue weighted by atomic mass is 19.1. The molecule has 1 aromatic heterocycles. The molecule has 0 unspecified atom stereocenters. The van der Waals surface area contributed by atoms with Gasteiger partial charge in [0.25, 0.3) is 0 Å². The Balaban J connectivity index is 2.31. The zero-order chi connectivity index (χ0) is 13.8. The van der Waals surface area contributed by atoms with Crippen LogP contribution in [0, 0.1) is 5.82 Å². The highest BCUT2D eigenvalue weighted by molar-refractivity contribution is 5.90. The number of carbonyl (C=O) groups excluding carboxylic acids is 1. The van der Waals surface area contributed by atoms with Crippen LogP contribution in [0.3, 0.4) is 0 Å². The first-order chi connectivity index (χ1) is 9.11. The van der Waals surface area contributed by atoms with Crippen LogP contribution < -0.4 is 4.90 Å². The van der Waals surface area contributed by atoms with E-state index in [-0.39, 0.29) is 5.82 Å². The summed E-state index contributed by atoms with van der Waals surface area (Å²) in [5, 5.41) is 0. The lowest BCUT2D eigenvalue weighted by atomic mass is 10.2. The molecule has 1 aromatic carbocycles. The van der Waals surface area contributed by atoms with Crippen LogP contribution in [0.4, 0.5) is 15.9 Å². The fourth-order valence-corrected chi connectivity index (χ4v) is 1.64. The normalized spacial score (nSPS) is 10.1. The van der Waals surface area contributed by atoms with Crippen molar-refractivity contribution in [1.29, 1.82) is 0 Å². The number of hydrogen-bond donors (Lipinski definition) is 0. The van der Waals surface area contributed by atoms with Gasteiger partial charge in [0, 0.05) is 18.9 Å². The summed E-state index contributed by atoms with van der Waals surface area (Å²) in [6, 6.07) is 9.22. The zero-order valence-corrected chi connectivity index (χ0v) is 10.6. The van der Waals surface area contributed by atoms with E-state index in [4.69, 9.17) is 0 Å². The summed E-state index contributed by atoms with van der Waals surface area (Å²) < 4.78 is 17.5. The maximum Gasteiger partial charge on any atom is 0.338 e. The average molecular weight is 260 g/mol. The van der Waals surface area contributed by atoms with Gasteiger partial charge in [-0.05, 0) is 36.4 Å². The molecule has 0 saturated carbocycles. The predicted octanol–water partition coefficient (Wildman–Crippen LogP) is 2.78. The van der Waals surface area contributed by atoms with Gasteiger partial charge in [-0.1, -0.05) is 0 Å². The number of carbonyl (C=O) groups is 1. The molecule has 0 N–H and O–H groups in total. The van der Waals surface area contributed by atoms with E-state index in [0.717, 1.165) is 5.69 Å². The van der Waals surface area contributed by atoms with Crippen LogP contribution in [-0.4, -0.2) is 25.1 Å². The Bertz CT molecular complexity index is 584. The number of halogens is 1. The van der Waals surface area contributed by atoms with E-state index in [1.54, 1.807) is 36.2 Å². The third kappa shape index (κ3) is 2.88. The number of methoxy groups -OCH3 is 1. The fourth-order valence-electron chi connectivity index (χ4n) is 1.64. The van der Waals surface area contributed by atoms with Crippen LogP contribution in [0.1, 0.15) is 10.4 Å². The highest BCUT2D eigenvalue weighted by Crippen LogP contribution is 2.22. The van der Waals surface area contributed by atoms with Crippen molar-refractivity contribution in [2.45, 2.75) is 0 Å². The van der Waals surface area contributed by atoms with Gasteiger partial charge >= 0.3 is 5.97 Å². The third-order valence-electron chi connectivity index (χ3n) is 2.72. The number of aromatic nitrogens is 1. The summed E-state index contributed by atoms with van der Waals surface area (Å²) in [6.07, 6.45) is 1.53. The number of benzene rings is 1. The second-order valence-corrected chi connectivity index (χ2v) is 3.93. The van der Waals surface area contributed by atoms with Crippen molar-refractivity contribution in [2.75, 3.05) is 19.1 Å². The van der Waals surface area contributed by atoms with E-state index >= 15 is 0 Å². The quantitative estimate of drug-likeness (QED) is 0.796. The van der Waals surface area contributed by atoms with E-state index in [2.05, 4.69) is 9.72 Å². The summed E-state index contributed by atoms with van der Waals surface area (Å²) in [4.78, 5) is 17.4. The Morgan fingerprint density at radius 1 is 1.26 bits per heavy atom. The van der Waals surface area contributed by atoms with Crippen LogP contribution >= 0.6 is 0 Å². The summed E-state index contributed by atoms with van der Waals surface area (Å²) in [5.74, 6) is -0.140. The van der Waals surface area contributed by atoms with Crippen LogP contribution in [0.25, 0.3) is 0 Å². The van der Waals surface area contributed by atoms with E-state index in [0.29, 0.717) is 11.4 Å². The van der Waals surface area contributed by atoms with Crippen molar-refractivity contribution in [3.8, 4) is 0 Å². The Kier molecular flexibility index (Phi) is 3.75. The van der Waals surface area contributed by atoms with Crippen molar-refractivity contribution < 1.29 is 13.9 Å². The number of ether oxygens (including phenoxy) is 1. The third-order valence-corrected chi connectivity index (χ3v) is 2.72. The monoisotopic (exact) mass is 260 g/mol. The average Bonchev–Trinajstić information content (AvgIpc) is 2.46. The first kappa shape index (κ1) is 13.0. The summed E-state index contributed by atoms with van der Waals surface area (Å²) in [5.41, 5.74) is 1.19. The van der Waals surface area contributed by atoms with Crippen molar-refractivity contribution >= 4 is 17.5 Å². The molecule has 0 radical (unpaired) electrons. The smallest absolute Gasteiger partial charge is 0.338 e. The molecule has 0 bridgehead atoms. The zero-order valence-electron chi connectivity index (χ0n) is 10.6. The van der Waals surface area contributed by atoms with Gasteiger partial charge in [-0.15, -0.1) is 0 Å². The molecular weight excluding hydrogens is 247 g/mol. The summed E-state index contributed by atoms with van der Waals surface area (Å²) in [7, 11) is 3.11. The molecular formula is C14H13FN2O2. The number of pyridine rings is 1. The lowest BCUT2D eigenvalue weighted by molar-refractivity contribution is 0.0600. The maximum absolute atomic E-state index is 12.9. The minimum atomic E-state index is -0.420. The number of rotatable bonds is 3. The molecule has 0 atom stereocenters. The molecule has 0 amide bonds. The molecule has 98 valence electrons. The minimum Gasteiger partial charge on any atom is -0.465 e. The number of hydrogen-bond acceptors (Lipinski definition) is 4. The Hall–Kier alpha value is -2.43. The Morgan fingerprint density at radius 3 is 2.58 bits per heavy atom. The lowest BCUT2D eigenvalue weighted by Gasteiger charge is -2.18. The maximum atomic E-state index is 12.9. The van der Waals surface area contributed by atoms with Gasteiger partial charge in [0.05, 0.1) is 12.7 Å². The number of esters is 1. The summed E-state index contributed by atoms with van der Waals surface area (Å²) >= 11 is 0. The van der Waals surface area contributed by atoms with E-state index in [9.17, 15) is 9.18 Å². The largest absolute Gasteiger partial charge is 0.465 e. The second-order valence-electron chi connectivity index (χ2n) is 3.93. The molecule has 0 aliphatic carbocycles. The minimum absolute atomic E-state index is 0.298. The van der Waals surface area contributed by atoms with Gasteiger partial charge in [-0.25, -0.2) is 14.2 Å². The first-order valence-electron chi connectivity index (χ1n) is 5.65. The van der Waals surface area contributed by atoms with E-state index in [1.807, 2.05) is 0 Å². The van der Waals surface area contributed by atoms with Crippen molar-refractivity contribution in [3.05, 3.63) is 54.0 Å². The molecule has 0 spiro atoms. The summed E-state index contributed by atoms with van der Waals surface area (Å²) in [6.45, 7) is 0. The standard InChI is InChI=1S/C14H13FN2O2/c1-17(12-5-3-11(15)4-6-12)13-9-10(7-8-16-13)14(18)19-2/h3-9H,1-2H3. The number of nitrogens with zero attached hydrogens (tertiary/aromatic N) is 2. The molecule has 0 fully saturated rings. The van der Waals surface area contributed by atoms with Crippen LogP contribution in [0.15, 0.2) is 42.6 Å². The second kappa shape index (κ2) is 5.48. The van der Waals surface area contributed by atoms with Crippen LogP contribution in [-0.2, 0) is 4.74 Å². The molecule has 0 saturated heterocycles. The van der Waals surface area contributed by atoms with Gasteiger partial charge in [0.15, 0.2) is 0 Å². The molecule has 4 nitrogen and oxygen atoms in total. The van der Waals surface area contributed by atoms with Crippen molar-refractivity contribution in [3.63, 3.8) is 0 Å². The van der Waals surface area contributed by atoms with E-state index in [1.165, 1.54) is 25.4 Å². The van der Waals surface area contributed by atoms with Gasteiger partial charge in [-0.2, -0.15) is 0 Å². The SMILES string of the molecule is COC(=O)c1ccnc(N(C)c2ccc(F)cc2)c1. The lowest BCUT2D eigenvalue weighted by Crippen LogP contribution is -2.12. The van der Waals surface area contributed by atoms with Gasteiger partial charge in [-0.3, -0.25) is 0 Å². The van der Waals surface area contributed by atoms with Crippen molar-refractivity contribution in [1.82, 2.24) is 4.98 Å². The highest BCUT2D eigenvalue weighted by Gasteiger charge is 2.10. The molecule has 2 aromatic rings. The van der Waals surface area contributed by atoms with Crippen LogP contribution in [0.5, 0.6) is 0 Å². The molecule has 0 aliphatic rings. The fraction of sp³-hybridized carbons (Fsp3) is 0.143.